The number of carbonyl (C=O) groups excluding carboxylic acids is 1. The molecule has 270 valence electrons. The van der Waals surface area contributed by atoms with Gasteiger partial charge in [0.15, 0.2) is 0 Å². The van der Waals surface area contributed by atoms with Crippen molar-refractivity contribution in [1.29, 1.82) is 0 Å². The third-order valence-electron chi connectivity index (χ3n) is 7.46. The second kappa shape index (κ2) is 31.0. The van der Waals surface area contributed by atoms with E-state index in [1.807, 2.05) is 21.1 Å². The van der Waals surface area contributed by atoms with Gasteiger partial charge < -0.3 is 27.9 Å². The van der Waals surface area contributed by atoms with Crippen LogP contribution in [0.2, 0.25) is 0 Å². The number of quaternary nitrogens is 1. The maximum atomic E-state index is 12.4. The maximum Gasteiger partial charge on any atom is 0.306 e. The molecule has 46 heavy (non-hydrogen) atoms. The van der Waals surface area contributed by atoms with Crippen LogP contribution in [0.25, 0.3) is 0 Å². The third-order valence-corrected chi connectivity index (χ3v) is 8.42. The summed E-state index contributed by atoms with van der Waals surface area (Å²) in [5.74, 6) is -0.349. The number of nitrogens with zero attached hydrogens (tertiary/aromatic N) is 1. The molecule has 0 fully saturated rings. The molecule has 0 aliphatic carbocycles. The number of hydrogen-bond acceptors (Lipinski definition) is 7. The summed E-state index contributed by atoms with van der Waals surface area (Å²) in [5, 5.41) is 0. The number of phosphoric acid groups is 1. The molecule has 0 aliphatic heterocycles. The number of phosphoric ester groups is 1. The van der Waals surface area contributed by atoms with E-state index < -0.39 is 13.9 Å². The van der Waals surface area contributed by atoms with Crippen molar-refractivity contribution in [1.82, 2.24) is 0 Å². The molecule has 0 radical (unpaired) electrons. The zero-order valence-electron chi connectivity index (χ0n) is 30.3. The van der Waals surface area contributed by atoms with Gasteiger partial charge in [0.1, 0.15) is 19.3 Å². The van der Waals surface area contributed by atoms with Crippen LogP contribution in [0.15, 0.2) is 36.5 Å². The zero-order valence-corrected chi connectivity index (χ0v) is 31.2. The summed E-state index contributed by atoms with van der Waals surface area (Å²) >= 11 is 0. The average Bonchev–Trinajstić information content (AvgIpc) is 2.99. The van der Waals surface area contributed by atoms with Gasteiger partial charge in [-0.15, -0.1) is 0 Å². The molecule has 8 nitrogen and oxygen atoms in total. The number of unbranched alkanes of at least 4 members (excludes halogenated alkanes) is 13. The van der Waals surface area contributed by atoms with Gasteiger partial charge in [-0.1, -0.05) is 121 Å². The molecule has 0 saturated heterocycles. The Morgan fingerprint density at radius 3 is 1.89 bits per heavy atom. The highest BCUT2D eigenvalue weighted by Gasteiger charge is 2.20. The van der Waals surface area contributed by atoms with Crippen molar-refractivity contribution >= 4 is 13.8 Å². The second-order valence-electron chi connectivity index (χ2n) is 13.2. The van der Waals surface area contributed by atoms with Gasteiger partial charge in [0, 0.05) is 13.0 Å². The number of allylic oxidation sites excluding steroid dienone is 6. The van der Waals surface area contributed by atoms with Crippen LogP contribution in [0.5, 0.6) is 0 Å². The van der Waals surface area contributed by atoms with E-state index in [0.29, 0.717) is 24.1 Å². The van der Waals surface area contributed by atoms with Crippen LogP contribution >= 0.6 is 7.82 Å². The third kappa shape index (κ3) is 34.1. The normalized spacial score (nSPS) is 14.5. The minimum absolute atomic E-state index is 0.0242. The van der Waals surface area contributed by atoms with E-state index in [2.05, 4.69) is 50.3 Å². The lowest BCUT2D eigenvalue weighted by Gasteiger charge is -2.28. The standard InChI is InChI=1S/C37H70NO7P/c1-6-8-10-12-14-15-16-17-18-19-20-21-22-23-24-25-27-29-32-42-34-36(45-37(39)30-28-26-13-11-9-7-2)35-44-46(40,41)43-33-31-38(3,4)5/h8,10,14-15,17-18,36H,6-7,9,11-13,16,19-35H2,1-5H3/b10-8-,15-14-,18-17-. The summed E-state index contributed by atoms with van der Waals surface area (Å²) in [6.45, 7) is 5.20. The van der Waals surface area contributed by atoms with Gasteiger partial charge in [0.2, 0.25) is 0 Å². The van der Waals surface area contributed by atoms with Crippen LogP contribution in [0.1, 0.15) is 136 Å². The summed E-state index contributed by atoms with van der Waals surface area (Å²) in [5.41, 5.74) is 0. The first-order valence-corrected chi connectivity index (χ1v) is 19.7. The van der Waals surface area contributed by atoms with Gasteiger partial charge in [-0.3, -0.25) is 9.36 Å². The largest absolute Gasteiger partial charge is 0.756 e. The van der Waals surface area contributed by atoms with E-state index in [1.54, 1.807) is 0 Å². The number of esters is 1. The highest BCUT2D eigenvalue weighted by molar-refractivity contribution is 7.45. The zero-order chi connectivity index (χ0) is 34.2. The van der Waals surface area contributed by atoms with Gasteiger partial charge >= 0.3 is 5.97 Å². The molecule has 2 unspecified atom stereocenters. The summed E-state index contributed by atoms with van der Waals surface area (Å²) in [7, 11) is 1.34. The van der Waals surface area contributed by atoms with E-state index in [9.17, 15) is 14.3 Å². The molecule has 0 rings (SSSR count). The Bertz CT molecular complexity index is 838. The molecule has 0 heterocycles. The molecule has 0 aromatic carbocycles. The Balaban J connectivity index is 4.17. The Morgan fingerprint density at radius 1 is 0.696 bits per heavy atom. The Morgan fingerprint density at radius 2 is 1.26 bits per heavy atom. The lowest BCUT2D eigenvalue weighted by molar-refractivity contribution is -0.870. The van der Waals surface area contributed by atoms with Crippen LogP contribution in [0.4, 0.5) is 0 Å². The lowest BCUT2D eigenvalue weighted by Crippen LogP contribution is -2.37. The van der Waals surface area contributed by atoms with Crippen LogP contribution < -0.4 is 4.89 Å². The SMILES string of the molecule is CC/C=C\C/C=C\C/C=C\CCCCCCCCCCOCC(COP(=O)([O-])OCC[N+](C)(C)C)OC(=O)CCCCCCCC. The lowest BCUT2D eigenvalue weighted by atomic mass is 10.1. The van der Waals surface area contributed by atoms with Gasteiger partial charge in [0.25, 0.3) is 7.82 Å². The van der Waals surface area contributed by atoms with Crippen molar-refractivity contribution in [2.24, 2.45) is 0 Å². The fraction of sp³-hybridized carbons (Fsp3) is 0.811. The second-order valence-corrected chi connectivity index (χ2v) is 14.6. The van der Waals surface area contributed by atoms with Crippen LogP contribution in [-0.2, 0) is 27.9 Å². The van der Waals surface area contributed by atoms with Crippen LogP contribution in [0.3, 0.4) is 0 Å². The number of hydrogen-bond donors (Lipinski definition) is 0. The smallest absolute Gasteiger partial charge is 0.306 e. The number of likely N-dealkylation sites (N-methyl/N-ethyl adjacent to an activating group) is 1. The monoisotopic (exact) mass is 671 g/mol. The molecular formula is C37H70NO7P. The van der Waals surface area contributed by atoms with Crippen LogP contribution in [0, 0.1) is 0 Å². The molecule has 0 amide bonds. The molecule has 9 heteroatoms. The molecule has 0 spiro atoms. The quantitative estimate of drug-likeness (QED) is 0.0226. The summed E-state index contributed by atoms with van der Waals surface area (Å²) in [6.07, 6.45) is 33.2. The van der Waals surface area contributed by atoms with E-state index >= 15 is 0 Å². The predicted molar refractivity (Wildman–Crippen MR) is 190 cm³/mol. The van der Waals surface area contributed by atoms with Gasteiger partial charge in [-0.25, -0.2) is 0 Å². The predicted octanol–water partition coefficient (Wildman–Crippen LogP) is 9.24. The minimum atomic E-state index is -4.51. The Labute approximate surface area is 283 Å². The van der Waals surface area contributed by atoms with Crippen LogP contribution in [-0.4, -0.2) is 70.7 Å². The Hall–Kier alpha value is -1.28. The summed E-state index contributed by atoms with van der Waals surface area (Å²) in [6, 6.07) is 0. The first-order valence-electron chi connectivity index (χ1n) is 18.2. The van der Waals surface area contributed by atoms with Crippen molar-refractivity contribution in [3.63, 3.8) is 0 Å². The molecule has 0 aromatic rings. The van der Waals surface area contributed by atoms with E-state index in [1.165, 1.54) is 57.8 Å². The molecule has 0 saturated carbocycles. The first-order chi connectivity index (χ1) is 22.1. The van der Waals surface area contributed by atoms with Crippen molar-refractivity contribution in [3.05, 3.63) is 36.5 Å². The molecular weight excluding hydrogens is 601 g/mol. The highest BCUT2D eigenvalue weighted by atomic mass is 31.2. The van der Waals surface area contributed by atoms with E-state index in [-0.39, 0.29) is 25.8 Å². The number of carbonyl (C=O) groups is 1. The van der Waals surface area contributed by atoms with Crippen molar-refractivity contribution in [2.45, 2.75) is 142 Å². The number of ether oxygens (including phenoxy) is 2. The van der Waals surface area contributed by atoms with Crippen molar-refractivity contribution < 1.29 is 37.3 Å². The minimum Gasteiger partial charge on any atom is -0.756 e. The van der Waals surface area contributed by atoms with Gasteiger partial charge in [0.05, 0.1) is 34.4 Å². The topological polar surface area (TPSA) is 94.1 Å². The molecule has 0 aromatic heterocycles. The summed E-state index contributed by atoms with van der Waals surface area (Å²) < 4.78 is 34.2. The van der Waals surface area contributed by atoms with Crippen molar-refractivity contribution in [2.75, 3.05) is 54.1 Å². The van der Waals surface area contributed by atoms with E-state index in [4.69, 9.17) is 18.5 Å². The van der Waals surface area contributed by atoms with Gasteiger partial charge in [-0.05, 0) is 44.9 Å². The highest BCUT2D eigenvalue weighted by Crippen LogP contribution is 2.38. The summed E-state index contributed by atoms with van der Waals surface area (Å²) in [4.78, 5) is 24.7. The first kappa shape index (κ1) is 44.7. The van der Waals surface area contributed by atoms with E-state index in [0.717, 1.165) is 57.8 Å². The molecule has 2 atom stereocenters. The molecule has 0 aliphatic rings. The molecule has 0 N–H and O–H groups in total. The van der Waals surface area contributed by atoms with Gasteiger partial charge in [-0.2, -0.15) is 0 Å². The Kier molecular flexibility index (Phi) is 30.2. The average molecular weight is 672 g/mol. The fourth-order valence-corrected chi connectivity index (χ4v) is 5.35. The fourth-order valence-electron chi connectivity index (χ4n) is 4.62. The number of rotatable bonds is 33. The van der Waals surface area contributed by atoms with Crippen molar-refractivity contribution in [3.8, 4) is 0 Å². The molecule has 0 bridgehead atoms. The maximum absolute atomic E-state index is 12.4.